The van der Waals surface area contributed by atoms with Crippen LogP contribution in [0.25, 0.3) is 0 Å². The van der Waals surface area contributed by atoms with Gasteiger partial charge in [-0.15, -0.1) is 0 Å². The molecule has 3 saturated carbocycles. The van der Waals surface area contributed by atoms with Crippen LogP contribution in [0.15, 0.2) is 30.4 Å². The molecule has 0 aromatic heterocycles. The van der Waals surface area contributed by atoms with Crippen LogP contribution < -0.4 is 0 Å². The fraction of sp³-hybridized carbons (Fsp3) is 0.652. The van der Waals surface area contributed by atoms with Gasteiger partial charge in [-0.2, -0.15) is 0 Å². The lowest BCUT2D eigenvalue weighted by Crippen LogP contribution is -2.41. The first-order chi connectivity index (χ1) is 12.2. The lowest BCUT2D eigenvalue weighted by molar-refractivity contribution is 0.0127. The van der Waals surface area contributed by atoms with Gasteiger partial charge < -0.3 is 0 Å². The molecule has 1 aromatic rings. The summed E-state index contributed by atoms with van der Waals surface area (Å²) in [5, 5.41) is 0. The van der Waals surface area contributed by atoms with Crippen molar-refractivity contribution in [2.75, 3.05) is 0 Å². The van der Waals surface area contributed by atoms with Crippen molar-refractivity contribution in [2.24, 2.45) is 29.6 Å². The molecule has 0 radical (unpaired) electrons. The summed E-state index contributed by atoms with van der Waals surface area (Å²) in [4.78, 5) is 0. The minimum Gasteiger partial charge on any atom is -0.204 e. The van der Waals surface area contributed by atoms with Gasteiger partial charge in [0.1, 0.15) is 0 Å². The first-order valence-corrected chi connectivity index (χ1v) is 10.2. The Morgan fingerprint density at radius 2 is 1.56 bits per heavy atom. The maximum absolute atomic E-state index is 13.6. The van der Waals surface area contributed by atoms with Crippen LogP contribution in [0.3, 0.4) is 0 Å². The number of hydrogen-bond acceptors (Lipinski definition) is 0. The second-order valence-corrected chi connectivity index (χ2v) is 8.71. The van der Waals surface area contributed by atoms with Crippen LogP contribution >= 0.6 is 0 Å². The number of allylic oxidation sites excluding steroid dienone is 2. The van der Waals surface area contributed by atoms with E-state index in [0.29, 0.717) is 5.92 Å². The SMILES string of the molecule is CC=CC1CCC2C(CCC3CC(c4ccc(F)c(F)c4)CCC32)C1. The fourth-order valence-corrected chi connectivity index (χ4v) is 6.35. The number of rotatable bonds is 2. The van der Waals surface area contributed by atoms with Crippen molar-refractivity contribution in [3.05, 3.63) is 47.5 Å². The van der Waals surface area contributed by atoms with Crippen LogP contribution in [-0.2, 0) is 0 Å². The second kappa shape index (κ2) is 7.21. The minimum atomic E-state index is -0.726. The van der Waals surface area contributed by atoms with Crippen molar-refractivity contribution in [3.63, 3.8) is 0 Å². The Bertz CT molecular complexity index is 635. The summed E-state index contributed by atoms with van der Waals surface area (Å²) in [6.45, 7) is 2.14. The normalized spacial score (nSPS) is 38.4. The zero-order valence-electron chi connectivity index (χ0n) is 15.3. The van der Waals surface area contributed by atoms with Gasteiger partial charge in [-0.3, -0.25) is 0 Å². The summed E-state index contributed by atoms with van der Waals surface area (Å²) in [7, 11) is 0. The Balaban J connectivity index is 1.43. The number of hydrogen-bond donors (Lipinski definition) is 0. The number of halogens is 2. The highest BCUT2D eigenvalue weighted by Gasteiger charge is 2.44. The molecule has 0 bridgehead atoms. The molecule has 4 rings (SSSR count). The molecule has 0 amide bonds. The lowest BCUT2D eigenvalue weighted by Gasteiger charge is -2.50. The second-order valence-electron chi connectivity index (χ2n) is 8.71. The maximum Gasteiger partial charge on any atom is 0.159 e. The molecule has 136 valence electrons. The van der Waals surface area contributed by atoms with Crippen LogP contribution in [0.4, 0.5) is 8.78 Å². The predicted molar refractivity (Wildman–Crippen MR) is 98.3 cm³/mol. The Kier molecular flexibility index (Phi) is 4.97. The van der Waals surface area contributed by atoms with E-state index in [4.69, 9.17) is 0 Å². The molecule has 2 heteroatoms. The van der Waals surface area contributed by atoms with Crippen LogP contribution in [0.2, 0.25) is 0 Å². The van der Waals surface area contributed by atoms with E-state index >= 15 is 0 Å². The van der Waals surface area contributed by atoms with Crippen molar-refractivity contribution in [1.29, 1.82) is 0 Å². The molecule has 3 aliphatic rings. The average molecular weight is 344 g/mol. The van der Waals surface area contributed by atoms with E-state index in [1.54, 1.807) is 6.07 Å². The van der Waals surface area contributed by atoms with Crippen LogP contribution in [-0.4, -0.2) is 0 Å². The van der Waals surface area contributed by atoms with E-state index < -0.39 is 11.6 Å². The summed E-state index contributed by atoms with van der Waals surface area (Å²) in [5.41, 5.74) is 1.01. The van der Waals surface area contributed by atoms with Gasteiger partial charge in [0.15, 0.2) is 11.6 Å². The molecule has 6 atom stereocenters. The summed E-state index contributed by atoms with van der Waals surface area (Å²) in [6, 6.07) is 4.54. The van der Waals surface area contributed by atoms with E-state index in [1.165, 1.54) is 57.1 Å². The van der Waals surface area contributed by atoms with Gasteiger partial charge in [-0.05, 0) is 111 Å². The molecule has 25 heavy (non-hydrogen) atoms. The zero-order valence-corrected chi connectivity index (χ0v) is 15.3. The standard InChI is InChI=1S/C23H30F2/c1-2-3-15-4-9-20-18(12-15)5-6-19-13-16(7-10-21(19)20)17-8-11-22(24)23(25)14-17/h2-3,8,11,14-16,18-21H,4-7,9-10,12-13H2,1H3. The van der Waals surface area contributed by atoms with E-state index in [1.807, 2.05) is 0 Å². The predicted octanol–water partition coefficient (Wildman–Crippen LogP) is 6.87. The Morgan fingerprint density at radius 1 is 0.840 bits per heavy atom. The van der Waals surface area contributed by atoms with E-state index in [-0.39, 0.29) is 0 Å². The summed E-state index contributed by atoms with van der Waals surface area (Å²) in [5.74, 6) is 3.34. The number of fused-ring (bicyclic) bond motifs is 3. The molecular weight excluding hydrogens is 314 g/mol. The van der Waals surface area contributed by atoms with Crippen molar-refractivity contribution < 1.29 is 8.78 Å². The zero-order chi connectivity index (χ0) is 17.4. The molecule has 0 spiro atoms. The first kappa shape index (κ1) is 17.2. The summed E-state index contributed by atoms with van der Waals surface area (Å²) < 4.78 is 26.8. The Hall–Kier alpha value is -1.18. The quantitative estimate of drug-likeness (QED) is 0.514. The van der Waals surface area contributed by atoms with Crippen molar-refractivity contribution in [3.8, 4) is 0 Å². The molecule has 0 N–H and O–H groups in total. The smallest absolute Gasteiger partial charge is 0.159 e. The molecule has 0 saturated heterocycles. The third-order valence-corrected chi connectivity index (χ3v) is 7.46. The molecule has 3 aliphatic carbocycles. The molecule has 6 unspecified atom stereocenters. The first-order valence-electron chi connectivity index (χ1n) is 10.2. The molecule has 0 nitrogen and oxygen atoms in total. The Morgan fingerprint density at radius 3 is 2.28 bits per heavy atom. The molecule has 1 aromatic carbocycles. The highest BCUT2D eigenvalue weighted by atomic mass is 19.2. The molecule has 3 fully saturated rings. The maximum atomic E-state index is 13.6. The molecule has 0 aliphatic heterocycles. The van der Waals surface area contributed by atoms with Gasteiger partial charge in [0, 0.05) is 0 Å². The third-order valence-electron chi connectivity index (χ3n) is 7.46. The van der Waals surface area contributed by atoms with Gasteiger partial charge >= 0.3 is 0 Å². The summed E-state index contributed by atoms with van der Waals surface area (Å²) >= 11 is 0. The highest BCUT2D eigenvalue weighted by Crippen LogP contribution is 2.54. The molecule has 0 heterocycles. The van der Waals surface area contributed by atoms with Crippen LogP contribution in [0.5, 0.6) is 0 Å². The van der Waals surface area contributed by atoms with E-state index in [2.05, 4.69) is 19.1 Å². The molecular formula is C23H30F2. The summed E-state index contributed by atoms with van der Waals surface area (Å²) in [6.07, 6.45) is 15.1. The van der Waals surface area contributed by atoms with Crippen LogP contribution in [0.1, 0.15) is 69.8 Å². The topological polar surface area (TPSA) is 0 Å². The van der Waals surface area contributed by atoms with E-state index in [0.717, 1.165) is 41.6 Å². The van der Waals surface area contributed by atoms with Gasteiger partial charge in [-0.1, -0.05) is 18.2 Å². The van der Waals surface area contributed by atoms with Gasteiger partial charge in [0.05, 0.1) is 0 Å². The minimum absolute atomic E-state index is 0.423. The van der Waals surface area contributed by atoms with Crippen LogP contribution in [0, 0.1) is 41.2 Å². The third kappa shape index (κ3) is 3.41. The van der Waals surface area contributed by atoms with Crippen molar-refractivity contribution in [1.82, 2.24) is 0 Å². The van der Waals surface area contributed by atoms with Gasteiger partial charge in [0.2, 0.25) is 0 Å². The lowest BCUT2D eigenvalue weighted by atomic mass is 9.55. The Labute approximate surface area is 150 Å². The number of benzene rings is 1. The van der Waals surface area contributed by atoms with E-state index in [9.17, 15) is 8.78 Å². The van der Waals surface area contributed by atoms with Crippen molar-refractivity contribution in [2.45, 2.75) is 64.2 Å². The van der Waals surface area contributed by atoms with Gasteiger partial charge in [-0.25, -0.2) is 8.78 Å². The fourth-order valence-electron chi connectivity index (χ4n) is 6.35. The van der Waals surface area contributed by atoms with Gasteiger partial charge in [0.25, 0.3) is 0 Å². The largest absolute Gasteiger partial charge is 0.204 e. The van der Waals surface area contributed by atoms with Crippen molar-refractivity contribution >= 4 is 0 Å². The average Bonchev–Trinajstić information content (AvgIpc) is 2.63. The highest BCUT2D eigenvalue weighted by molar-refractivity contribution is 5.22. The monoisotopic (exact) mass is 344 g/mol.